The van der Waals surface area contributed by atoms with Crippen LogP contribution in [0.2, 0.25) is 0 Å². The van der Waals surface area contributed by atoms with E-state index in [-0.39, 0.29) is 18.0 Å². The fourth-order valence-corrected chi connectivity index (χ4v) is 1.98. The lowest BCUT2D eigenvalue weighted by Gasteiger charge is -2.12. The van der Waals surface area contributed by atoms with Crippen LogP contribution in [0.1, 0.15) is 40.1 Å². The molecule has 4 heteroatoms. The average molecular weight is 298 g/mol. The van der Waals surface area contributed by atoms with Gasteiger partial charge >= 0.3 is 5.97 Å². The van der Waals surface area contributed by atoms with Crippen LogP contribution in [0, 0.1) is 0 Å². The Hall–Kier alpha value is -2.62. The van der Waals surface area contributed by atoms with E-state index < -0.39 is 5.97 Å². The van der Waals surface area contributed by atoms with Crippen LogP contribution >= 0.6 is 0 Å². The molecule has 0 aliphatic carbocycles. The zero-order chi connectivity index (χ0) is 15.9. The molecule has 0 unspecified atom stereocenters. The van der Waals surface area contributed by atoms with Gasteiger partial charge in [-0.05, 0) is 37.6 Å². The number of ketones is 1. The fourth-order valence-electron chi connectivity index (χ4n) is 1.98. The number of esters is 1. The molecule has 0 aliphatic rings. The second-order valence-electron chi connectivity index (χ2n) is 4.76. The van der Waals surface area contributed by atoms with Gasteiger partial charge in [-0.25, -0.2) is 4.79 Å². The molecule has 0 radical (unpaired) electrons. The summed E-state index contributed by atoms with van der Waals surface area (Å²) in [4.78, 5) is 23.5. The van der Waals surface area contributed by atoms with E-state index >= 15 is 0 Å². The van der Waals surface area contributed by atoms with E-state index in [1.807, 2.05) is 30.3 Å². The highest BCUT2D eigenvalue weighted by Crippen LogP contribution is 2.23. The zero-order valence-corrected chi connectivity index (χ0v) is 12.7. The minimum atomic E-state index is -0.492. The van der Waals surface area contributed by atoms with Gasteiger partial charge in [0.2, 0.25) is 0 Å². The third-order valence-corrected chi connectivity index (χ3v) is 3.12. The summed E-state index contributed by atoms with van der Waals surface area (Å²) in [5.74, 6) is -0.193. The molecule has 0 amide bonds. The van der Waals surface area contributed by atoms with Gasteiger partial charge in [0.25, 0.3) is 0 Å². The number of ether oxygens (including phenoxy) is 2. The maximum absolute atomic E-state index is 12.0. The molecule has 0 spiro atoms. The summed E-state index contributed by atoms with van der Waals surface area (Å²) in [5, 5.41) is 0. The SMILES string of the molecule is CCOC(=O)c1cc(C(C)=O)ccc1OCc1ccccc1. The molecule has 2 rings (SSSR count). The molecule has 4 nitrogen and oxygen atoms in total. The second-order valence-corrected chi connectivity index (χ2v) is 4.76. The molecule has 2 aromatic carbocycles. The number of Topliss-reactive ketones (excluding diaryl/α,β-unsaturated/α-hetero) is 1. The summed E-state index contributed by atoms with van der Waals surface area (Å²) in [6.07, 6.45) is 0. The van der Waals surface area contributed by atoms with Crippen molar-refractivity contribution < 1.29 is 19.1 Å². The van der Waals surface area contributed by atoms with E-state index in [0.29, 0.717) is 17.9 Å². The standard InChI is InChI=1S/C18H18O4/c1-3-21-18(20)16-11-15(13(2)19)9-10-17(16)22-12-14-7-5-4-6-8-14/h4-11H,3,12H2,1-2H3. The maximum Gasteiger partial charge on any atom is 0.341 e. The number of hydrogen-bond acceptors (Lipinski definition) is 4. The van der Waals surface area contributed by atoms with E-state index in [1.54, 1.807) is 19.1 Å². The first-order valence-electron chi connectivity index (χ1n) is 7.10. The van der Waals surface area contributed by atoms with Crippen LogP contribution in [0.5, 0.6) is 5.75 Å². The number of rotatable bonds is 6. The van der Waals surface area contributed by atoms with Crippen LogP contribution in [0.3, 0.4) is 0 Å². The Kier molecular flexibility index (Phi) is 5.31. The van der Waals surface area contributed by atoms with Crippen molar-refractivity contribution in [2.24, 2.45) is 0 Å². The topological polar surface area (TPSA) is 52.6 Å². The molecule has 0 saturated heterocycles. The van der Waals surface area contributed by atoms with E-state index in [1.165, 1.54) is 13.0 Å². The molecular weight excluding hydrogens is 280 g/mol. The number of benzene rings is 2. The second kappa shape index (κ2) is 7.41. The van der Waals surface area contributed by atoms with Crippen molar-refractivity contribution in [1.82, 2.24) is 0 Å². The molecule has 0 bridgehead atoms. The molecule has 0 N–H and O–H groups in total. The number of hydrogen-bond donors (Lipinski definition) is 0. The largest absolute Gasteiger partial charge is 0.488 e. The van der Waals surface area contributed by atoms with E-state index in [0.717, 1.165) is 5.56 Å². The molecule has 0 aromatic heterocycles. The Balaban J connectivity index is 2.25. The van der Waals surface area contributed by atoms with Crippen molar-refractivity contribution in [2.45, 2.75) is 20.5 Å². The van der Waals surface area contributed by atoms with Gasteiger partial charge in [-0.1, -0.05) is 30.3 Å². The molecule has 22 heavy (non-hydrogen) atoms. The monoisotopic (exact) mass is 298 g/mol. The predicted molar refractivity (Wildman–Crippen MR) is 83.2 cm³/mol. The Bertz CT molecular complexity index is 662. The van der Waals surface area contributed by atoms with E-state index in [4.69, 9.17) is 9.47 Å². The molecule has 2 aromatic rings. The Morgan fingerprint density at radius 3 is 2.41 bits per heavy atom. The van der Waals surface area contributed by atoms with Gasteiger partial charge in [-0.2, -0.15) is 0 Å². The highest BCUT2D eigenvalue weighted by Gasteiger charge is 2.16. The highest BCUT2D eigenvalue weighted by molar-refractivity contribution is 5.99. The molecule has 114 valence electrons. The summed E-state index contributed by atoms with van der Waals surface area (Å²) in [5.41, 5.74) is 1.72. The van der Waals surface area contributed by atoms with Crippen molar-refractivity contribution >= 4 is 11.8 Å². The van der Waals surface area contributed by atoms with Gasteiger partial charge in [0, 0.05) is 5.56 Å². The van der Waals surface area contributed by atoms with E-state index in [2.05, 4.69) is 0 Å². The van der Waals surface area contributed by atoms with Crippen molar-refractivity contribution in [3.63, 3.8) is 0 Å². The predicted octanol–water partition coefficient (Wildman–Crippen LogP) is 3.64. The minimum absolute atomic E-state index is 0.111. The Morgan fingerprint density at radius 2 is 1.77 bits per heavy atom. The first-order chi connectivity index (χ1) is 10.6. The summed E-state index contributed by atoms with van der Waals surface area (Å²) in [6.45, 7) is 3.79. The molecule has 0 fully saturated rings. The first-order valence-corrected chi connectivity index (χ1v) is 7.10. The van der Waals surface area contributed by atoms with Gasteiger partial charge in [0.1, 0.15) is 17.9 Å². The van der Waals surface area contributed by atoms with Gasteiger partial charge < -0.3 is 9.47 Å². The lowest BCUT2D eigenvalue weighted by Crippen LogP contribution is -2.09. The average Bonchev–Trinajstić information content (AvgIpc) is 2.54. The van der Waals surface area contributed by atoms with Crippen LogP contribution < -0.4 is 4.74 Å². The quantitative estimate of drug-likeness (QED) is 0.603. The summed E-state index contributed by atoms with van der Waals surface area (Å²) in [7, 11) is 0. The summed E-state index contributed by atoms with van der Waals surface area (Å²) in [6, 6.07) is 14.4. The fraction of sp³-hybridized carbons (Fsp3) is 0.222. The lowest BCUT2D eigenvalue weighted by atomic mass is 10.1. The van der Waals surface area contributed by atoms with Crippen LogP contribution in [0.25, 0.3) is 0 Å². The summed E-state index contributed by atoms with van der Waals surface area (Å²) < 4.78 is 10.7. The van der Waals surface area contributed by atoms with Crippen molar-refractivity contribution in [1.29, 1.82) is 0 Å². The first kappa shape index (κ1) is 15.8. The van der Waals surface area contributed by atoms with Crippen LogP contribution in [0.15, 0.2) is 48.5 Å². The van der Waals surface area contributed by atoms with Gasteiger partial charge in [0.15, 0.2) is 5.78 Å². The molecular formula is C18H18O4. The van der Waals surface area contributed by atoms with Crippen molar-refractivity contribution in [3.8, 4) is 5.75 Å². The normalized spacial score (nSPS) is 10.1. The number of carbonyl (C=O) groups is 2. The molecule has 0 heterocycles. The van der Waals surface area contributed by atoms with Gasteiger partial charge in [0.05, 0.1) is 6.61 Å². The molecule has 0 saturated carbocycles. The highest BCUT2D eigenvalue weighted by atomic mass is 16.5. The zero-order valence-electron chi connectivity index (χ0n) is 12.7. The number of carbonyl (C=O) groups excluding carboxylic acids is 2. The maximum atomic E-state index is 12.0. The summed E-state index contributed by atoms with van der Waals surface area (Å²) >= 11 is 0. The Labute approximate surface area is 129 Å². The Morgan fingerprint density at radius 1 is 1.05 bits per heavy atom. The third kappa shape index (κ3) is 3.95. The minimum Gasteiger partial charge on any atom is -0.488 e. The third-order valence-electron chi connectivity index (χ3n) is 3.12. The lowest BCUT2D eigenvalue weighted by molar-refractivity contribution is 0.0521. The van der Waals surface area contributed by atoms with Gasteiger partial charge in [-0.15, -0.1) is 0 Å². The van der Waals surface area contributed by atoms with Gasteiger partial charge in [-0.3, -0.25) is 4.79 Å². The van der Waals surface area contributed by atoms with Crippen molar-refractivity contribution in [2.75, 3.05) is 6.61 Å². The van der Waals surface area contributed by atoms with Crippen molar-refractivity contribution in [3.05, 3.63) is 65.2 Å². The van der Waals surface area contributed by atoms with E-state index in [9.17, 15) is 9.59 Å². The van der Waals surface area contributed by atoms with Crippen LogP contribution in [-0.4, -0.2) is 18.4 Å². The molecule has 0 aliphatic heterocycles. The van der Waals surface area contributed by atoms with Crippen LogP contribution in [0.4, 0.5) is 0 Å². The smallest absolute Gasteiger partial charge is 0.341 e. The molecule has 0 atom stereocenters. The van der Waals surface area contributed by atoms with Crippen LogP contribution in [-0.2, 0) is 11.3 Å².